The molecular weight excluding hydrogens is 470 g/mol. The summed E-state index contributed by atoms with van der Waals surface area (Å²) in [6.07, 6.45) is 4.58. The molecule has 6 rings (SSSR count). The Morgan fingerprint density at radius 2 is 1.62 bits per heavy atom. The number of hydrogen-bond acceptors (Lipinski definition) is 9. The van der Waals surface area contributed by atoms with Crippen molar-refractivity contribution in [2.45, 2.75) is 13.0 Å². The molecule has 0 aliphatic rings. The molecule has 0 radical (unpaired) electrons. The van der Waals surface area contributed by atoms with Crippen molar-refractivity contribution in [2.24, 2.45) is 0 Å². The average Bonchev–Trinajstić information content (AvgIpc) is 3.34. The van der Waals surface area contributed by atoms with Crippen molar-refractivity contribution in [1.29, 1.82) is 0 Å². The molecule has 182 valence electrons. The fourth-order valence-corrected chi connectivity index (χ4v) is 4.54. The molecule has 0 aliphatic heterocycles. The van der Waals surface area contributed by atoms with E-state index in [2.05, 4.69) is 19.9 Å². The molecule has 2 aromatic carbocycles. The standard InChI is InChI=1S/C27H21N7O3/c1-15(23-20(16-8-4-3-5-9-16)18-10-6-7-11-19(18)26(35)37-23)34-25-21(24(28)31-14-32-25)22(33-34)17-12-29-27(36-2)30-13-17/h3-15H,1-2H3,(H2,28,31,32). The van der Waals surface area contributed by atoms with E-state index in [0.29, 0.717) is 33.4 Å². The molecule has 0 bridgehead atoms. The average molecular weight is 492 g/mol. The lowest BCUT2D eigenvalue weighted by Crippen LogP contribution is -2.14. The summed E-state index contributed by atoms with van der Waals surface area (Å²) in [5.74, 6) is 0.714. The van der Waals surface area contributed by atoms with Gasteiger partial charge in [-0.1, -0.05) is 48.5 Å². The first-order valence-corrected chi connectivity index (χ1v) is 11.5. The molecule has 0 spiro atoms. The molecule has 10 nitrogen and oxygen atoms in total. The zero-order chi connectivity index (χ0) is 25.5. The maximum absolute atomic E-state index is 13.1. The van der Waals surface area contributed by atoms with Crippen molar-refractivity contribution < 1.29 is 9.15 Å². The summed E-state index contributed by atoms with van der Waals surface area (Å²) in [4.78, 5) is 30.1. The van der Waals surface area contributed by atoms with E-state index in [4.69, 9.17) is 20.0 Å². The molecule has 10 heteroatoms. The highest BCUT2D eigenvalue weighted by molar-refractivity contribution is 5.99. The molecule has 0 fully saturated rings. The summed E-state index contributed by atoms with van der Waals surface area (Å²) in [5.41, 5.74) is 9.18. The van der Waals surface area contributed by atoms with Crippen LogP contribution in [0.3, 0.4) is 0 Å². The predicted molar refractivity (Wildman–Crippen MR) is 139 cm³/mol. The van der Waals surface area contributed by atoms with Gasteiger partial charge < -0.3 is 14.9 Å². The van der Waals surface area contributed by atoms with Crippen LogP contribution in [0, 0.1) is 0 Å². The highest BCUT2D eigenvalue weighted by atomic mass is 16.5. The zero-order valence-corrected chi connectivity index (χ0v) is 20.0. The molecule has 37 heavy (non-hydrogen) atoms. The fourth-order valence-electron chi connectivity index (χ4n) is 4.54. The molecule has 4 heterocycles. The highest BCUT2D eigenvalue weighted by Gasteiger charge is 2.26. The topological polar surface area (TPSA) is 135 Å². The number of rotatable bonds is 5. The van der Waals surface area contributed by atoms with Gasteiger partial charge in [0.15, 0.2) is 5.65 Å². The second kappa shape index (κ2) is 8.83. The minimum absolute atomic E-state index is 0.232. The van der Waals surface area contributed by atoms with E-state index in [-0.39, 0.29) is 11.8 Å². The van der Waals surface area contributed by atoms with E-state index in [1.807, 2.05) is 55.5 Å². The maximum Gasteiger partial charge on any atom is 0.343 e. The van der Waals surface area contributed by atoms with Crippen LogP contribution in [0.25, 0.3) is 44.2 Å². The molecule has 4 aromatic heterocycles. The van der Waals surface area contributed by atoms with Crippen molar-refractivity contribution in [1.82, 2.24) is 29.7 Å². The fraction of sp³-hybridized carbons (Fsp3) is 0.111. The molecule has 2 N–H and O–H groups in total. The number of nitrogens with zero attached hydrogens (tertiary/aromatic N) is 6. The number of anilines is 1. The summed E-state index contributed by atoms with van der Waals surface area (Å²) in [5, 5.41) is 6.69. The zero-order valence-electron chi connectivity index (χ0n) is 20.0. The lowest BCUT2D eigenvalue weighted by atomic mass is 9.96. The predicted octanol–water partition coefficient (Wildman–Crippen LogP) is 4.26. The second-order valence-electron chi connectivity index (χ2n) is 8.43. The van der Waals surface area contributed by atoms with Crippen LogP contribution >= 0.6 is 0 Å². The normalized spacial score (nSPS) is 12.2. The van der Waals surface area contributed by atoms with Crippen LogP contribution in [0.5, 0.6) is 6.01 Å². The lowest BCUT2D eigenvalue weighted by molar-refractivity contribution is 0.380. The number of methoxy groups -OCH3 is 1. The number of hydrogen-bond donors (Lipinski definition) is 1. The smallest absolute Gasteiger partial charge is 0.343 e. The first-order chi connectivity index (χ1) is 18.1. The van der Waals surface area contributed by atoms with E-state index < -0.39 is 11.7 Å². The first kappa shape index (κ1) is 22.4. The Bertz CT molecular complexity index is 1810. The minimum atomic E-state index is -0.530. The summed E-state index contributed by atoms with van der Waals surface area (Å²) in [6.45, 7) is 1.90. The van der Waals surface area contributed by atoms with E-state index in [9.17, 15) is 4.79 Å². The number of ether oxygens (including phenoxy) is 1. The van der Waals surface area contributed by atoms with Gasteiger partial charge in [0.2, 0.25) is 0 Å². The molecule has 0 aliphatic carbocycles. The molecule has 0 amide bonds. The SMILES string of the molecule is COc1ncc(-c2nn(C(C)c3oc(=O)c4ccccc4c3-c3ccccc3)c3ncnc(N)c23)cn1. The number of nitrogen functional groups attached to an aromatic ring is 1. The van der Waals surface area contributed by atoms with Gasteiger partial charge in [-0.2, -0.15) is 5.10 Å². The van der Waals surface area contributed by atoms with E-state index in [1.165, 1.54) is 13.4 Å². The number of benzene rings is 2. The van der Waals surface area contributed by atoms with Gasteiger partial charge >= 0.3 is 11.6 Å². The molecule has 0 saturated carbocycles. The molecule has 1 atom stereocenters. The van der Waals surface area contributed by atoms with Crippen molar-refractivity contribution in [3.05, 3.63) is 89.5 Å². The number of aromatic nitrogens is 6. The van der Waals surface area contributed by atoms with Crippen molar-refractivity contribution in [2.75, 3.05) is 12.8 Å². The molecule has 0 saturated heterocycles. The van der Waals surface area contributed by atoms with Gasteiger partial charge in [0.1, 0.15) is 29.6 Å². The first-order valence-electron chi connectivity index (χ1n) is 11.5. The minimum Gasteiger partial charge on any atom is -0.467 e. The van der Waals surface area contributed by atoms with Crippen LogP contribution in [0.2, 0.25) is 0 Å². The van der Waals surface area contributed by atoms with Crippen LogP contribution in [0.4, 0.5) is 5.82 Å². The Labute approximate surface area is 210 Å². The molecule has 1 unspecified atom stereocenters. The van der Waals surface area contributed by atoms with Gasteiger partial charge in [-0.05, 0) is 18.6 Å². The summed E-state index contributed by atoms with van der Waals surface area (Å²) < 4.78 is 12.8. The van der Waals surface area contributed by atoms with Gasteiger partial charge in [0, 0.05) is 28.9 Å². The van der Waals surface area contributed by atoms with Gasteiger partial charge in [-0.15, -0.1) is 0 Å². The molecule has 6 aromatic rings. The van der Waals surface area contributed by atoms with Gasteiger partial charge in [0.25, 0.3) is 0 Å². The van der Waals surface area contributed by atoms with E-state index in [0.717, 1.165) is 16.5 Å². The quantitative estimate of drug-likeness (QED) is 0.375. The van der Waals surface area contributed by atoms with Crippen molar-refractivity contribution >= 4 is 27.6 Å². The summed E-state index contributed by atoms with van der Waals surface area (Å²) in [6, 6.07) is 16.9. The van der Waals surface area contributed by atoms with Crippen LogP contribution < -0.4 is 16.1 Å². The van der Waals surface area contributed by atoms with E-state index >= 15 is 0 Å². The monoisotopic (exact) mass is 491 g/mol. The third-order valence-corrected chi connectivity index (χ3v) is 6.28. The summed E-state index contributed by atoms with van der Waals surface area (Å²) >= 11 is 0. The maximum atomic E-state index is 13.1. The Morgan fingerprint density at radius 1 is 0.919 bits per heavy atom. The molecular formula is C27H21N7O3. The Hall–Kier alpha value is -5.12. The van der Waals surface area contributed by atoms with Crippen LogP contribution in [-0.4, -0.2) is 36.8 Å². The number of nitrogens with two attached hydrogens (primary N) is 1. The largest absolute Gasteiger partial charge is 0.467 e. The third-order valence-electron chi connectivity index (χ3n) is 6.28. The van der Waals surface area contributed by atoms with Gasteiger partial charge in [0.05, 0.1) is 17.9 Å². The lowest BCUT2D eigenvalue weighted by Gasteiger charge is -2.18. The highest BCUT2D eigenvalue weighted by Crippen LogP contribution is 2.38. The Kier molecular flexibility index (Phi) is 5.33. The summed E-state index contributed by atoms with van der Waals surface area (Å²) in [7, 11) is 1.49. The third kappa shape index (κ3) is 3.66. The second-order valence-corrected chi connectivity index (χ2v) is 8.43. The van der Waals surface area contributed by atoms with Gasteiger partial charge in [-0.25, -0.2) is 29.4 Å². The Balaban J connectivity index is 1.62. The number of fused-ring (bicyclic) bond motifs is 2. The van der Waals surface area contributed by atoms with E-state index in [1.54, 1.807) is 23.1 Å². The van der Waals surface area contributed by atoms with Gasteiger partial charge in [-0.3, -0.25) is 0 Å². The Morgan fingerprint density at radius 3 is 2.35 bits per heavy atom. The van der Waals surface area contributed by atoms with Crippen molar-refractivity contribution in [3.63, 3.8) is 0 Å². The van der Waals surface area contributed by atoms with Crippen LogP contribution in [0.15, 0.2) is 82.5 Å². The van der Waals surface area contributed by atoms with Crippen LogP contribution in [-0.2, 0) is 0 Å². The van der Waals surface area contributed by atoms with Crippen molar-refractivity contribution in [3.8, 4) is 28.4 Å². The van der Waals surface area contributed by atoms with Crippen LogP contribution in [0.1, 0.15) is 18.7 Å².